The molecule has 0 heterocycles. The van der Waals surface area contributed by atoms with Crippen molar-refractivity contribution in [3.63, 3.8) is 0 Å². The summed E-state index contributed by atoms with van der Waals surface area (Å²) in [6, 6.07) is 13.5. The average molecular weight is 706 g/mol. The van der Waals surface area contributed by atoms with Crippen LogP contribution in [0.2, 0.25) is 0 Å². The third-order valence-electron chi connectivity index (χ3n) is 9.19. The van der Waals surface area contributed by atoms with E-state index in [4.69, 9.17) is 5.73 Å². The summed E-state index contributed by atoms with van der Waals surface area (Å²) < 4.78 is 0. The lowest BCUT2D eigenvalue weighted by Crippen LogP contribution is -2.39. The SMILES string of the molecule is CC(C)(C)C1C2=C(CCCC2=O)CC2=C1C(=O)c1ccccc1C2=O.CC(C)(C)C=O.NC1=CC(=O)CCC1.O=C1C=C(O)c2ccccc2C1=O. The van der Waals surface area contributed by atoms with Crippen molar-refractivity contribution in [1.82, 2.24) is 0 Å². The number of benzene rings is 2. The van der Waals surface area contributed by atoms with Gasteiger partial charge in [0.15, 0.2) is 23.1 Å². The van der Waals surface area contributed by atoms with E-state index in [1.165, 1.54) is 12.1 Å². The quantitative estimate of drug-likeness (QED) is 0.207. The van der Waals surface area contributed by atoms with E-state index in [2.05, 4.69) is 20.8 Å². The second kappa shape index (κ2) is 15.9. The Kier molecular flexibility index (Phi) is 12.1. The van der Waals surface area contributed by atoms with E-state index in [0.29, 0.717) is 47.1 Å². The molecule has 0 saturated heterocycles. The fourth-order valence-electron chi connectivity index (χ4n) is 6.75. The molecule has 2 aromatic rings. The van der Waals surface area contributed by atoms with E-state index in [1.54, 1.807) is 42.5 Å². The van der Waals surface area contributed by atoms with E-state index in [0.717, 1.165) is 54.9 Å². The number of carbonyl (C=O) groups excluding carboxylic acids is 7. The van der Waals surface area contributed by atoms with E-state index >= 15 is 0 Å². The molecule has 0 aromatic heterocycles. The fourth-order valence-corrected chi connectivity index (χ4v) is 6.75. The van der Waals surface area contributed by atoms with Gasteiger partial charge >= 0.3 is 0 Å². The smallest absolute Gasteiger partial charge is 0.233 e. The van der Waals surface area contributed by atoms with E-state index < -0.39 is 11.6 Å². The lowest BCUT2D eigenvalue weighted by atomic mass is 9.60. The highest BCUT2D eigenvalue weighted by Crippen LogP contribution is 2.51. The molecule has 0 saturated carbocycles. The zero-order valence-corrected chi connectivity index (χ0v) is 30.8. The van der Waals surface area contributed by atoms with Crippen molar-refractivity contribution in [2.75, 3.05) is 0 Å². The van der Waals surface area contributed by atoms with Crippen molar-refractivity contribution in [3.8, 4) is 0 Å². The molecule has 1 atom stereocenters. The molecule has 0 amide bonds. The van der Waals surface area contributed by atoms with Gasteiger partial charge in [0.1, 0.15) is 12.0 Å². The Balaban J connectivity index is 0.000000186. The van der Waals surface area contributed by atoms with Crippen LogP contribution < -0.4 is 5.73 Å². The number of nitrogens with two attached hydrogens (primary N) is 1. The molecule has 0 bridgehead atoms. The minimum Gasteiger partial charge on any atom is -0.507 e. The maximum atomic E-state index is 13.3. The molecule has 3 N–H and O–H groups in total. The van der Waals surface area contributed by atoms with Crippen LogP contribution in [0.25, 0.3) is 5.76 Å². The third kappa shape index (κ3) is 8.94. The first-order valence-corrected chi connectivity index (χ1v) is 17.6. The van der Waals surface area contributed by atoms with Gasteiger partial charge in [0.05, 0.1) is 0 Å². The van der Waals surface area contributed by atoms with Crippen LogP contribution in [0.15, 0.2) is 88.7 Å². The van der Waals surface area contributed by atoms with Gasteiger partial charge in [0, 0.05) is 74.9 Å². The zero-order valence-electron chi connectivity index (χ0n) is 30.8. The maximum Gasteiger partial charge on any atom is 0.233 e. The molecule has 272 valence electrons. The molecule has 0 radical (unpaired) electrons. The summed E-state index contributed by atoms with van der Waals surface area (Å²) in [5.41, 5.74) is 10.4. The number of hydrogen-bond donors (Lipinski definition) is 2. The first kappa shape index (κ1) is 39.5. The van der Waals surface area contributed by atoms with Crippen LogP contribution >= 0.6 is 0 Å². The van der Waals surface area contributed by atoms with Crippen molar-refractivity contribution < 1.29 is 38.7 Å². The summed E-state index contributed by atoms with van der Waals surface area (Å²) in [5.74, 6) is -1.44. The minimum absolute atomic E-state index is 0.0379. The summed E-state index contributed by atoms with van der Waals surface area (Å²) in [6.07, 6.45) is 8.63. The van der Waals surface area contributed by atoms with Crippen LogP contribution in [-0.4, -0.2) is 46.1 Å². The van der Waals surface area contributed by atoms with Gasteiger partial charge in [-0.1, -0.05) is 95.6 Å². The number of Topliss-reactive ketones (excluding diaryl/α,β-unsaturated/α-hetero) is 4. The lowest BCUT2D eigenvalue weighted by molar-refractivity contribution is -0.117. The standard InChI is InChI=1S/C22H22O3.C10H6O3.C6H9NO.C5H10O/c1-22(2,3)19-17-12(7-6-10-16(17)23)11-15-18(19)21(25)14-9-5-4-8-13(14)20(15)24;11-8-5-9(12)10(13)7-4-2-1-3-6(7)8;7-5-2-1-3-6(8)4-5;1-5(2,3)4-6/h4-5,8-9,19H,6-7,10-11H2,1-3H3;1-5,11H;4H,1-3,7H2;4H,1-3H3. The van der Waals surface area contributed by atoms with Gasteiger partial charge < -0.3 is 15.6 Å². The molecule has 1 unspecified atom stereocenters. The number of ketones is 6. The Bertz CT molecular complexity index is 1970. The Hall–Kier alpha value is -5.31. The van der Waals surface area contributed by atoms with Crippen LogP contribution in [0.1, 0.15) is 123 Å². The van der Waals surface area contributed by atoms with Gasteiger partial charge in [-0.2, -0.15) is 0 Å². The summed E-state index contributed by atoms with van der Waals surface area (Å²) in [7, 11) is 0. The van der Waals surface area contributed by atoms with E-state index in [1.807, 2.05) is 20.8 Å². The van der Waals surface area contributed by atoms with Gasteiger partial charge in [-0.15, -0.1) is 0 Å². The summed E-state index contributed by atoms with van der Waals surface area (Å²) >= 11 is 0. The molecule has 5 aliphatic carbocycles. The fraction of sp³-hybridized carbons (Fsp3) is 0.372. The number of allylic oxidation sites excluding steroid dienone is 7. The number of aliphatic hydroxyl groups is 1. The molecule has 0 aliphatic heterocycles. The normalized spacial score (nSPS) is 19.5. The molecule has 2 aromatic carbocycles. The number of fused-ring (bicyclic) bond motifs is 2. The van der Waals surface area contributed by atoms with Gasteiger partial charge in [-0.3, -0.25) is 28.8 Å². The lowest BCUT2D eigenvalue weighted by Gasteiger charge is -2.42. The monoisotopic (exact) mass is 705 g/mol. The molecule has 5 aliphatic rings. The van der Waals surface area contributed by atoms with Crippen molar-refractivity contribution in [2.24, 2.45) is 22.5 Å². The third-order valence-corrected chi connectivity index (χ3v) is 9.19. The number of rotatable bonds is 0. The van der Waals surface area contributed by atoms with Crippen LogP contribution in [0, 0.1) is 16.7 Å². The molecular weight excluding hydrogens is 658 g/mol. The number of carbonyl (C=O) groups is 7. The number of aliphatic hydroxyl groups excluding tert-OH is 1. The van der Waals surface area contributed by atoms with Crippen LogP contribution in [0.4, 0.5) is 0 Å². The van der Waals surface area contributed by atoms with Crippen molar-refractivity contribution in [3.05, 3.63) is 111 Å². The Morgan fingerprint density at radius 3 is 1.69 bits per heavy atom. The molecule has 0 fully saturated rings. The van der Waals surface area contributed by atoms with Crippen molar-refractivity contribution >= 4 is 46.7 Å². The van der Waals surface area contributed by atoms with Crippen LogP contribution in [-0.2, 0) is 19.2 Å². The highest BCUT2D eigenvalue weighted by atomic mass is 16.3. The summed E-state index contributed by atoms with van der Waals surface area (Å²) in [5, 5.41) is 9.34. The second-order valence-electron chi connectivity index (χ2n) is 15.7. The molecule has 9 heteroatoms. The van der Waals surface area contributed by atoms with Crippen LogP contribution in [0.5, 0.6) is 0 Å². The summed E-state index contributed by atoms with van der Waals surface area (Å²) in [4.78, 5) is 81.7. The van der Waals surface area contributed by atoms with Gasteiger partial charge in [0.25, 0.3) is 0 Å². The Labute approximate surface area is 304 Å². The highest BCUT2D eigenvalue weighted by Gasteiger charge is 2.47. The van der Waals surface area contributed by atoms with E-state index in [-0.39, 0.29) is 51.2 Å². The summed E-state index contributed by atoms with van der Waals surface area (Å²) in [6.45, 7) is 11.8. The zero-order chi connectivity index (χ0) is 38.5. The topological polar surface area (TPSA) is 166 Å². The van der Waals surface area contributed by atoms with Gasteiger partial charge in [0.2, 0.25) is 11.6 Å². The molecule has 9 nitrogen and oxygen atoms in total. The van der Waals surface area contributed by atoms with Crippen LogP contribution in [0.3, 0.4) is 0 Å². The highest BCUT2D eigenvalue weighted by molar-refractivity contribution is 6.50. The molecule has 0 spiro atoms. The largest absolute Gasteiger partial charge is 0.507 e. The maximum absolute atomic E-state index is 13.3. The molecule has 52 heavy (non-hydrogen) atoms. The van der Waals surface area contributed by atoms with Crippen molar-refractivity contribution in [2.45, 2.75) is 86.5 Å². The molecule has 7 rings (SSSR count). The Morgan fingerprint density at radius 2 is 1.19 bits per heavy atom. The second-order valence-corrected chi connectivity index (χ2v) is 15.7. The average Bonchev–Trinajstić information content (AvgIpc) is 3.09. The van der Waals surface area contributed by atoms with Gasteiger partial charge in [-0.25, -0.2) is 0 Å². The minimum atomic E-state index is -0.670. The van der Waals surface area contributed by atoms with Gasteiger partial charge in [-0.05, 0) is 43.6 Å². The molecular formula is C43H47NO8. The predicted molar refractivity (Wildman–Crippen MR) is 199 cm³/mol. The number of hydrogen-bond acceptors (Lipinski definition) is 9. The predicted octanol–water partition coefficient (Wildman–Crippen LogP) is 7.64. The first-order chi connectivity index (χ1) is 24.4. The number of aldehydes is 1. The Morgan fingerprint density at radius 1 is 0.673 bits per heavy atom. The van der Waals surface area contributed by atoms with E-state index in [9.17, 15) is 38.7 Å². The van der Waals surface area contributed by atoms with Crippen molar-refractivity contribution in [1.29, 1.82) is 0 Å². The first-order valence-electron chi connectivity index (χ1n) is 17.6.